The first kappa shape index (κ1) is 38.9. The molecule has 0 aliphatic carbocycles. The molecule has 1 amide bonds. The standard InChI is InChI=1S/C40H56N10O4/c1-28-20-29(2)50(45-28)35-22-31(21-34(25-35)48-16-18-49(19-17-48)38(51)9-5-6-14-43-46-41)32(23-39(52)54-4)27-47-15-12-30(26-47)10-11-33-24-37(53-3)36-8-7-13-42-40(36)44-33/h20-22,24-25,30,32H,5-19,23,26-27H2,1-4H3,(H,42,44)/t30-,32-/m1/s1. The summed E-state index contributed by atoms with van der Waals surface area (Å²) in [6, 6.07) is 10.8. The van der Waals surface area contributed by atoms with Crippen molar-refractivity contribution in [3.05, 3.63) is 69.0 Å². The van der Waals surface area contributed by atoms with Crippen molar-refractivity contribution in [3.63, 3.8) is 0 Å². The quantitative estimate of drug-likeness (QED) is 0.0614. The van der Waals surface area contributed by atoms with Crippen LogP contribution in [0.4, 0.5) is 11.5 Å². The van der Waals surface area contributed by atoms with Crippen LogP contribution < -0.4 is 15.0 Å². The van der Waals surface area contributed by atoms with Gasteiger partial charge < -0.3 is 29.5 Å². The average molecular weight is 741 g/mol. The first-order valence-electron chi connectivity index (χ1n) is 19.6. The van der Waals surface area contributed by atoms with E-state index in [2.05, 4.69) is 62.4 Å². The SMILES string of the molecule is COC(=O)C[C@H](CN1CC[C@@H](CCc2cc(OC)c3c(n2)NCCC3)C1)c1cc(N2CCN(C(=O)CCCCN=[N+]=[N-])CC2)cc(-n2nc(C)cc2C)c1. The molecular weight excluding hydrogens is 685 g/mol. The van der Waals surface area contributed by atoms with E-state index in [1.807, 2.05) is 16.5 Å². The number of esters is 1. The van der Waals surface area contributed by atoms with Gasteiger partial charge in [-0.3, -0.25) is 9.59 Å². The number of anilines is 2. The highest BCUT2D eigenvalue weighted by Crippen LogP contribution is 2.34. The van der Waals surface area contributed by atoms with Crippen LogP contribution in [0.1, 0.15) is 79.1 Å². The number of benzene rings is 1. The summed E-state index contributed by atoms with van der Waals surface area (Å²) in [5.41, 5.74) is 15.9. The number of carbonyl (C=O) groups is 2. The van der Waals surface area contributed by atoms with Crippen molar-refractivity contribution < 1.29 is 19.1 Å². The van der Waals surface area contributed by atoms with Crippen LogP contribution in [0.15, 0.2) is 35.4 Å². The largest absolute Gasteiger partial charge is 0.496 e. The molecule has 0 radical (unpaired) electrons. The number of aromatic nitrogens is 3. The zero-order valence-electron chi connectivity index (χ0n) is 32.4. The number of ether oxygens (including phenoxy) is 2. The van der Waals surface area contributed by atoms with Crippen LogP contribution in [-0.4, -0.2) is 110 Å². The molecule has 0 bridgehead atoms. The Hall–Kier alpha value is -4.81. The lowest BCUT2D eigenvalue weighted by atomic mass is 9.93. The first-order valence-corrected chi connectivity index (χ1v) is 19.6. The van der Waals surface area contributed by atoms with Gasteiger partial charge in [-0.2, -0.15) is 5.10 Å². The summed E-state index contributed by atoms with van der Waals surface area (Å²) in [5, 5.41) is 11.9. The number of likely N-dealkylation sites (tertiary alicyclic amines) is 1. The molecule has 1 aromatic carbocycles. The van der Waals surface area contributed by atoms with Crippen molar-refractivity contribution in [1.29, 1.82) is 0 Å². The van der Waals surface area contributed by atoms with Crippen molar-refractivity contribution in [2.75, 3.05) is 83.3 Å². The molecule has 2 saturated heterocycles. The number of azide groups is 1. The molecule has 54 heavy (non-hydrogen) atoms. The minimum Gasteiger partial charge on any atom is -0.496 e. The monoisotopic (exact) mass is 740 g/mol. The number of methoxy groups -OCH3 is 2. The van der Waals surface area contributed by atoms with Crippen LogP contribution >= 0.6 is 0 Å². The zero-order valence-corrected chi connectivity index (χ0v) is 32.4. The highest BCUT2D eigenvalue weighted by molar-refractivity contribution is 5.76. The number of rotatable bonds is 16. The van der Waals surface area contributed by atoms with E-state index in [1.165, 1.54) is 12.7 Å². The van der Waals surface area contributed by atoms with Gasteiger partial charge in [0.05, 0.1) is 32.0 Å². The maximum absolute atomic E-state index is 12.9. The number of unbranched alkanes of at least 4 members (excludes halogenated alkanes) is 1. The lowest BCUT2D eigenvalue weighted by Crippen LogP contribution is -2.48. The lowest BCUT2D eigenvalue weighted by Gasteiger charge is -2.37. The second-order valence-corrected chi connectivity index (χ2v) is 15.0. The van der Waals surface area contributed by atoms with Gasteiger partial charge in [0, 0.05) is 98.3 Å². The number of piperazine rings is 1. The number of hydrogen-bond donors (Lipinski definition) is 1. The lowest BCUT2D eigenvalue weighted by molar-refractivity contribution is -0.141. The van der Waals surface area contributed by atoms with E-state index in [-0.39, 0.29) is 24.2 Å². The normalized spacial score (nSPS) is 17.7. The fourth-order valence-corrected chi connectivity index (χ4v) is 8.24. The summed E-state index contributed by atoms with van der Waals surface area (Å²) in [6.45, 7) is 10.8. The van der Waals surface area contributed by atoms with Gasteiger partial charge in [0.25, 0.3) is 0 Å². The minimum absolute atomic E-state index is 0.0715. The van der Waals surface area contributed by atoms with Crippen LogP contribution in [0.2, 0.25) is 0 Å². The van der Waals surface area contributed by atoms with Gasteiger partial charge in [-0.05, 0) is 107 Å². The summed E-state index contributed by atoms with van der Waals surface area (Å²) < 4.78 is 13.0. The molecule has 2 atom stereocenters. The van der Waals surface area contributed by atoms with Gasteiger partial charge in [-0.25, -0.2) is 9.67 Å². The molecule has 3 aliphatic rings. The molecule has 1 N–H and O–H groups in total. The van der Waals surface area contributed by atoms with Crippen molar-refractivity contribution in [2.45, 2.75) is 77.6 Å². The van der Waals surface area contributed by atoms with E-state index < -0.39 is 0 Å². The molecule has 290 valence electrons. The Kier molecular flexibility index (Phi) is 13.3. The molecule has 14 heteroatoms. The summed E-state index contributed by atoms with van der Waals surface area (Å²) in [4.78, 5) is 40.4. The number of hydrogen-bond acceptors (Lipinski definition) is 10. The second-order valence-electron chi connectivity index (χ2n) is 15.0. The zero-order chi connectivity index (χ0) is 38.0. The van der Waals surface area contributed by atoms with Gasteiger partial charge in [-0.15, -0.1) is 0 Å². The van der Waals surface area contributed by atoms with E-state index in [0.717, 1.165) is 104 Å². The fourth-order valence-electron chi connectivity index (χ4n) is 8.24. The Balaban J connectivity index is 1.16. The van der Waals surface area contributed by atoms with E-state index in [1.54, 1.807) is 7.11 Å². The number of nitrogens with one attached hydrogen (secondary N) is 1. The van der Waals surface area contributed by atoms with Gasteiger partial charge in [-0.1, -0.05) is 5.11 Å². The molecule has 0 saturated carbocycles. The van der Waals surface area contributed by atoms with Crippen LogP contribution in [-0.2, 0) is 27.2 Å². The molecule has 0 unspecified atom stereocenters. The van der Waals surface area contributed by atoms with Crippen molar-refractivity contribution >= 4 is 23.4 Å². The maximum atomic E-state index is 12.9. The van der Waals surface area contributed by atoms with Gasteiger partial charge >= 0.3 is 5.97 Å². The van der Waals surface area contributed by atoms with Gasteiger partial charge in [0.15, 0.2) is 0 Å². The van der Waals surface area contributed by atoms with Crippen molar-refractivity contribution in [1.82, 2.24) is 24.6 Å². The van der Waals surface area contributed by atoms with E-state index in [4.69, 9.17) is 25.1 Å². The van der Waals surface area contributed by atoms with Crippen molar-refractivity contribution in [2.24, 2.45) is 11.0 Å². The van der Waals surface area contributed by atoms with E-state index in [9.17, 15) is 9.59 Å². The molecule has 6 rings (SSSR count). The van der Waals surface area contributed by atoms with E-state index in [0.29, 0.717) is 57.9 Å². The number of pyridine rings is 1. The highest BCUT2D eigenvalue weighted by atomic mass is 16.5. The Morgan fingerprint density at radius 3 is 2.61 bits per heavy atom. The number of amides is 1. The Labute approximate surface area is 318 Å². The molecule has 2 aromatic heterocycles. The highest BCUT2D eigenvalue weighted by Gasteiger charge is 2.29. The molecule has 3 aromatic rings. The summed E-state index contributed by atoms with van der Waals surface area (Å²) in [7, 11) is 3.21. The number of carbonyl (C=O) groups excluding carboxylic acids is 2. The molecular formula is C40H56N10O4. The van der Waals surface area contributed by atoms with Crippen LogP contribution in [0, 0.1) is 19.8 Å². The third kappa shape index (κ3) is 9.83. The minimum atomic E-state index is -0.221. The van der Waals surface area contributed by atoms with E-state index >= 15 is 0 Å². The molecule has 5 heterocycles. The predicted octanol–water partition coefficient (Wildman–Crippen LogP) is 5.98. The second kappa shape index (κ2) is 18.5. The average Bonchev–Trinajstić information content (AvgIpc) is 3.80. The Morgan fingerprint density at radius 1 is 1.06 bits per heavy atom. The van der Waals surface area contributed by atoms with Crippen LogP contribution in [0.3, 0.4) is 0 Å². The summed E-state index contributed by atoms with van der Waals surface area (Å²) in [6.07, 6.45) is 7.32. The molecule has 14 nitrogen and oxygen atoms in total. The molecule has 2 fully saturated rings. The number of fused-ring (bicyclic) bond motifs is 1. The van der Waals surface area contributed by atoms with Gasteiger partial charge in [0.1, 0.15) is 11.6 Å². The summed E-state index contributed by atoms with van der Waals surface area (Å²) in [5.74, 6) is 2.31. The summed E-state index contributed by atoms with van der Waals surface area (Å²) >= 11 is 0. The van der Waals surface area contributed by atoms with Gasteiger partial charge in [0.2, 0.25) is 5.91 Å². The topological polar surface area (TPSA) is 154 Å². The Morgan fingerprint density at radius 2 is 1.87 bits per heavy atom. The third-order valence-electron chi connectivity index (χ3n) is 11.2. The fraction of sp³-hybridized carbons (Fsp3) is 0.600. The van der Waals surface area contributed by atoms with Crippen molar-refractivity contribution in [3.8, 4) is 11.4 Å². The van der Waals surface area contributed by atoms with Crippen LogP contribution in [0.5, 0.6) is 5.75 Å². The maximum Gasteiger partial charge on any atom is 0.306 e. The van der Waals surface area contributed by atoms with Crippen LogP contribution in [0.25, 0.3) is 16.1 Å². The smallest absolute Gasteiger partial charge is 0.306 e. The number of aryl methyl sites for hydroxylation is 3. The predicted molar refractivity (Wildman–Crippen MR) is 210 cm³/mol. The molecule has 0 spiro atoms. The third-order valence-corrected chi connectivity index (χ3v) is 11.2. The number of nitrogens with zero attached hydrogens (tertiary/aromatic N) is 9. The Bertz CT molecular complexity index is 1800. The molecule has 3 aliphatic heterocycles. The first-order chi connectivity index (χ1) is 26.2.